The highest BCUT2D eigenvalue weighted by atomic mass is 14.9. The van der Waals surface area contributed by atoms with Crippen LogP contribution in [0.4, 0.5) is 11.4 Å². The highest BCUT2D eigenvalue weighted by Gasteiger charge is 2.07. The number of nitrogens with one attached hydrogen (secondary N) is 1. The van der Waals surface area contributed by atoms with Crippen molar-refractivity contribution in [1.29, 1.82) is 0 Å². The number of rotatable bonds is 2. The quantitative estimate of drug-likeness (QED) is 0.425. The third kappa shape index (κ3) is 2.44. The lowest BCUT2D eigenvalue weighted by atomic mass is 10.00. The summed E-state index contributed by atoms with van der Waals surface area (Å²) >= 11 is 0. The van der Waals surface area contributed by atoms with Crippen molar-refractivity contribution in [3.8, 4) is 0 Å². The van der Waals surface area contributed by atoms with Crippen LogP contribution in [-0.2, 0) is 0 Å². The Labute approximate surface area is 136 Å². The van der Waals surface area contributed by atoms with Crippen molar-refractivity contribution in [2.24, 2.45) is 0 Å². The Hall–Kier alpha value is -2.80. The molecule has 1 heteroatoms. The van der Waals surface area contributed by atoms with Gasteiger partial charge in [-0.2, -0.15) is 0 Å². The molecule has 0 amide bonds. The number of anilines is 2. The van der Waals surface area contributed by atoms with Crippen molar-refractivity contribution in [2.45, 2.75) is 13.8 Å². The second kappa shape index (κ2) is 5.44. The van der Waals surface area contributed by atoms with E-state index in [0.717, 1.165) is 11.4 Å². The first-order valence-corrected chi connectivity index (χ1v) is 7.97. The molecule has 112 valence electrons. The first kappa shape index (κ1) is 13.8. The van der Waals surface area contributed by atoms with E-state index in [9.17, 15) is 0 Å². The summed E-state index contributed by atoms with van der Waals surface area (Å²) in [6.07, 6.45) is 0. The molecule has 0 saturated carbocycles. The zero-order valence-corrected chi connectivity index (χ0v) is 13.4. The molecule has 4 aromatic rings. The molecule has 0 heterocycles. The molecule has 0 fully saturated rings. The minimum absolute atomic E-state index is 1.16. The van der Waals surface area contributed by atoms with Crippen molar-refractivity contribution in [3.05, 3.63) is 83.9 Å². The van der Waals surface area contributed by atoms with Crippen molar-refractivity contribution >= 4 is 32.9 Å². The molecule has 0 saturated heterocycles. The van der Waals surface area contributed by atoms with Gasteiger partial charge in [-0.3, -0.25) is 0 Å². The van der Waals surface area contributed by atoms with E-state index in [0.29, 0.717) is 0 Å². The van der Waals surface area contributed by atoms with Crippen LogP contribution < -0.4 is 5.32 Å². The lowest BCUT2D eigenvalue weighted by Crippen LogP contribution is -1.95. The lowest BCUT2D eigenvalue weighted by Gasteiger charge is -2.14. The van der Waals surface area contributed by atoms with Crippen molar-refractivity contribution in [2.75, 3.05) is 5.32 Å². The summed E-state index contributed by atoms with van der Waals surface area (Å²) in [6, 6.07) is 25.9. The molecular weight excluding hydrogens is 278 g/mol. The molecule has 4 rings (SSSR count). The normalized spacial score (nSPS) is 11.0. The topological polar surface area (TPSA) is 12.0 Å². The van der Waals surface area contributed by atoms with E-state index in [2.05, 4.69) is 92.0 Å². The number of hydrogen-bond acceptors (Lipinski definition) is 1. The van der Waals surface area contributed by atoms with Crippen LogP contribution in [0.5, 0.6) is 0 Å². The average molecular weight is 297 g/mol. The molecule has 1 N–H and O–H groups in total. The van der Waals surface area contributed by atoms with E-state index in [1.807, 2.05) is 0 Å². The Morgan fingerprint density at radius 1 is 0.652 bits per heavy atom. The molecule has 0 bridgehead atoms. The Morgan fingerprint density at radius 2 is 1.43 bits per heavy atom. The van der Waals surface area contributed by atoms with Crippen LogP contribution in [0.2, 0.25) is 0 Å². The Kier molecular flexibility index (Phi) is 3.27. The molecule has 1 nitrogen and oxygen atoms in total. The Bertz CT molecular complexity index is 1010. The molecule has 0 atom stereocenters. The number of aryl methyl sites for hydroxylation is 2. The second-order valence-corrected chi connectivity index (χ2v) is 6.13. The van der Waals surface area contributed by atoms with Crippen molar-refractivity contribution in [3.63, 3.8) is 0 Å². The third-order valence-electron chi connectivity index (χ3n) is 4.42. The van der Waals surface area contributed by atoms with Gasteiger partial charge < -0.3 is 5.32 Å². The molecule has 23 heavy (non-hydrogen) atoms. The largest absolute Gasteiger partial charge is 0.355 e. The van der Waals surface area contributed by atoms with E-state index in [1.165, 1.54) is 32.7 Å². The van der Waals surface area contributed by atoms with Crippen LogP contribution in [-0.4, -0.2) is 0 Å². The molecule has 0 aliphatic rings. The summed E-state index contributed by atoms with van der Waals surface area (Å²) in [4.78, 5) is 0. The number of fused-ring (bicyclic) bond motifs is 3. The SMILES string of the molecule is Cc1ccc(Nc2cccc3ccc4ccccc4c23)c(C)c1. The maximum Gasteiger partial charge on any atom is 0.0470 e. The fourth-order valence-electron chi connectivity index (χ4n) is 3.26. The van der Waals surface area contributed by atoms with Gasteiger partial charge in [0.25, 0.3) is 0 Å². The van der Waals surface area contributed by atoms with Crippen molar-refractivity contribution in [1.82, 2.24) is 0 Å². The van der Waals surface area contributed by atoms with Gasteiger partial charge in [0.2, 0.25) is 0 Å². The summed E-state index contributed by atoms with van der Waals surface area (Å²) in [5.41, 5.74) is 4.88. The first-order valence-electron chi connectivity index (χ1n) is 7.97. The predicted molar refractivity (Wildman–Crippen MR) is 101 cm³/mol. The summed E-state index contributed by atoms with van der Waals surface area (Å²) in [6.45, 7) is 4.28. The third-order valence-corrected chi connectivity index (χ3v) is 4.42. The monoisotopic (exact) mass is 297 g/mol. The predicted octanol–water partition coefficient (Wildman–Crippen LogP) is 6.35. The van der Waals surface area contributed by atoms with Gasteiger partial charge in [-0.15, -0.1) is 0 Å². The summed E-state index contributed by atoms with van der Waals surface area (Å²) in [7, 11) is 0. The minimum atomic E-state index is 1.16. The average Bonchev–Trinajstić information content (AvgIpc) is 2.57. The molecular formula is C22H19N. The van der Waals surface area contributed by atoms with Crippen LogP contribution in [0.1, 0.15) is 11.1 Å². The highest BCUT2D eigenvalue weighted by molar-refractivity contribution is 6.13. The van der Waals surface area contributed by atoms with Crippen molar-refractivity contribution < 1.29 is 0 Å². The second-order valence-electron chi connectivity index (χ2n) is 6.13. The smallest absolute Gasteiger partial charge is 0.0470 e. The zero-order chi connectivity index (χ0) is 15.8. The molecule has 0 spiro atoms. The molecule has 0 aliphatic carbocycles. The molecule has 0 aliphatic heterocycles. The van der Waals surface area contributed by atoms with Gasteiger partial charge in [-0.05, 0) is 47.7 Å². The van der Waals surface area contributed by atoms with E-state index < -0.39 is 0 Å². The molecule has 0 radical (unpaired) electrons. The molecule has 0 aromatic heterocycles. The Balaban J connectivity index is 1.94. The standard InChI is InChI=1S/C22H19N/c1-15-10-13-20(16(2)14-15)23-21-9-5-7-18-12-11-17-6-3-4-8-19(17)22(18)21/h3-14,23H,1-2H3. The summed E-state index contributed by atoms with van der Waals surface area (Å²) in [5.74, 6) is 0. The number of benzene rings is 4. The van der Waals surface area contributed by atoms with Crippen LogP contribution >= 0.6 is 0 Å². The fourth-order valence-corrected chi connectivity index (χ4v) is 3.26. The Morgan fingerprint density at radius 3 is 2.30 bits per heavy atom. The molecule has 4 aromatic carbocycles. The van der Waals surface area contributed by atoms with E-state index in [4.69, 9.17) is 0 Å². The fraction of sp³-hybridized carbons (Fsp3) is 0.0909. The molecule has 0 unspecified atom stereocenters. The minimum Gasteiger partial charge on any atom is -0.355 e. The van der Waals surface area contributed by atoms with Gasteiger partial charge in [0.05, 0.1) is 0 Å². The van der Waals surface area contributed by atoms with Gasteiger partial charge in [0.1, 0.15) is 0 Å². The highest BCUT2D eigenvalue weighted by Crippen LogP contribution is 2.33. The van der Waals surface area contributed by atoms with E-state index in [1.54, 1.807) is 0 Å². The van der Waals surface area contributed by atoms with Gasteiger partial charge in [-0.1, -0.05) is 66.2 Å². The van der Waals surface area contributed by atoms with Crippen LogP contribution in [0.15, 0.2) is 72.8 Å². The van der Waals surface area contributed by atoms with Gasteiger partial charge >= 0.3 is 0 Å². The maximum atomic E-state index is 3.63. The first-order chi connectivity index (χ1) is 11.2. The van der Waals surface area contributed by atoms with Gasteiger partial charge in [0.15, 0.2) is 0 Å². The van der Waals surface area contributed by atoms with Gasteiger partial charge in [-0.25, -0.2) is 0 Å². The van der Waals surface area contributed by atoms with Crippen LogP contribution in [0, 0.1) is 13.8 Å². The zero-order valence-electron chi connectivity index (χ0n) is 13.4. The van der Waals surface area contributed by atoms with Crippen LogP contribution in [0.3, 0.4) is 0 Å². The van der Waals surface area contributed by atoms with E-state index in [-0.39, 0.29) is 0 Å². The van der Waals surface area contributed by atoms with Crippen LogP contribution in [0.25, 0.3) is 21.5 Å². The summed E-state index contributed by atoms with van der Waals surface area (Å²) < 4.78 is 0. The lowest BCUT2D eigenvalue weighted by molar-refractivity contribution is 1.37. The van der Waals surface area contributed by atoms with E-state index >= 15 is 0 Å². The number of hydrogen-bond donors (Lipinski definition) is 1. The maximum absolute atomic E-state index is 3.63. The van der Waals surface area contributed by atoms with Gasteiger partial charge in [0, 0.05) is 16.8 Å². The summed E-state index contributed by atoms with van der Waals surface area (Å²) in [5, 5.41) is 8.74.